The van der Waals surface area contributed by atoms with E-state index in [9.17, 15) is 0 Å². The smallest absolute Gasteiger partial charge is 0.0767 e. The van der Waals surface area contributed by atoms with Crippen LogP contribution in [0.1, 0.15) is 45.5 Å². The zero-order chi connectivity index (χ0) is 14.0. The van der Waals surface area contributed by atoms with E-state index < -0.39 is 0 Å². The first-order valence-electron chi connectivity index (χ1n) is 7.51. The Morgan fingerprint density at radius 2 is 1.84 bits per heavy atom. The molecule has 108 valence electrons. The van der Waals surface area contributed by atoms with Gasteiger partial charge in [-0.1, -0.05) is 20.8 Å². The molecule has 0 aliphatic carbocycles. The molecule has 0 aromatic carbocycles. The summed E-state index contributed by atoms with van der Waals surface area (Å²) in [6.07, 6.45) is 2.36. The van der Waals surface area contributed by atoms with Gasteiger partial charge in [0, 0.05) is 26.2 Å². The topological polar surface area (TPSA) is 21.1 Å². The standard InChI is InChI=1S/C15H26BrN3/c1-5-13-15(16)14(19(6-2)17-13)10-18-8-11(3)7-12(4)9-18/h11-12H,5-10H2,1-4H3. The fraction of sp³-hybridized carbons (Fsp3) is 0.800. The summed E-state index contributed by atoms with van der Waals surface area (Å²) in [6, 6.07) is 0. The van der Waals surface area contributed by atoms with Crippen molar-refractivity contribution < 1.29 is 0 Å². The summed E-state index contributed by atoms with van der Waals surface area (Å²) in [7, 11) is 0. The molecule has 2 rings (SSSR count). The highest BCUT2D eigenvalue weighted by Gasteiger charge is 2.24. The van der Waals surface area contributed by atoms with Gasteiger partial charge < -0.3 is 0 Å². The van der Waals surface area contributed by atoms with Crippen molar-refractivity contribution in [1.29, 1.82) is 0 Å². The van der Waals surface area contributed by atoms with Crippen LogP contribution in [0.25, 0.3) is 0 Å². The molecule has 1 aromatic rings. The molecule has 1 aliphatic heterocycles. The Morgan fingerprint density at radius 1 is 1.21 bits per heavy atom. The molecule has 0 bridgehead atoms. The fourth-order valence-corrected chi connectivity index (χ4v) is 3.99. The fourth-order valence-electron chi connectivity index (χ4n) is 3.30. The van der Waals surface area contributed by atoms with Crippen LogP contribution in [0.4, 0.5) is 0 Å². The number of rotatable bonds is 4. The quantitative estimate of drug-likeness (QED) is 0.840. The zero-order valence-electron chi connectivity index (χ0n) is 12.6. The van der Waals surface area contributed by atoms with Crippen LogP contribution >= 0.6 is 15.9 Å². The summed E-state index contributed by atoms with van der Waals surface area (Å²) in [5, 5.41) is 4.69. The molecule has 1 aliphatic rings. The predicted octanol–water partition coefficient (Wildman–Crippen LogP) is 3.71. The van der Waals surface area contributed by atoms with Crippen molar-refractivity contribution in [3.05, 3.63) is 15.9 Å². The highest BCUT2D eigenvalue weighted by atomic mass is 79.9. The molecule has 0 amide bonds. The minimum absolute atomic E-state index is 0.811. The lowest BCUT2D eigenvalue weighted by molar-refractivity contribution is 0.131. The van der Waals surface area contributed by atoms with E-state index in [2.05, 4.69) is 53.2 Å². The van der Waals surface area contributed by atoms with Crippen LogP contribution in [0.15, 0.2) is 4.47 Å². The van der Waals surface area contributed by atoms with Crippen molar-refractivity contribution in [2.75, 3.05) is 13.1 Å². The van der Waals surface area contributed by atoms with Gasteiger partial charge in [-0.3, -0.25) is 9.58 Å². The minimum atomic E-state index is 0.811. The van der Waals surface area contributed by atoms with Crippen LogP contribution in [0.5, 0.6) is 0 Å². The number of likely N-dealkylation sites (tertiary alicyclic amines) is 1. The van der Waals surface area contributed by atoms with Crippen molar-refractivity contribution >= 4 is 15.9 Å². The van der Waals surface area contributed by atoms with Gasteiger partial charge in [-0.2, -0.15) is 5.10 Å². The monoisotopic (exact) mass is 327 g/mol. The highest BCUT2D eigenvalue weighted by Crippen LogP contribution is 2.27. The van der Waals surface area contributed by atoms with Gasteiger partial charge in [0.05, 0.1) is 15.9 Å². The molecule has 0 radical (unpaired) electrons. The third-order valence-electron chi connectivity index (χ3n) is 4.01. The number of aryl methyl sites for hydroxylation is 2. The van der Waals surface area contributed by atoms with Crippen molar-refractivity contribution in [3.63, 3.8) is 0 Å². The summed E-state index contributed by atoms with van der Waals surface area (Å²) in [6.45, 7) is 13.5. The molecule has 1 fully saturated rings. The van der Waals surface area contributed by atoms with Crippen LogP contribution in [0.2, 0.25) is 0 Å². The normalized spacial score (nSPS) is 24.9. The lowest BCUT2D eigenvalue weighted by atomic mass is 9.92. The maximum Gasteiger partial charge on any atom is 0.0767 e. The van der Waals surface area contributed by atoms with Crippen LogP contribution in [0, 0.1) is 11.8 Å². The Bertz CT molecular complexity index is 417. The maximum absolute atomic E-state index is 4.69. The van der Waals surface area contributed by atoms with Gasteiger partial charge in [-0.05, 0) is 47.5 Å². The van der Waals surface area contributed by atoms with Crippen LogP contribution in [0.3, 0.4) is 0 Å². The van der Waals surface area contributed by atoms with E-state index in [1.165, 1.54) is 35.4 Å². The number of hydrogen-bond acceptors (Lipinski definition) is 2. The number of aromatic nitrogens is 2. The molecule has 2 atom stereocenters. The van der Waals surface area contributed by atoms with Gasteiger partial charge in [0.15, 0.2) is 0 Å². The Morgan fingerprint density at radius 3 is 2.37 bits per heavy atom. The second-order valence-electron chi connectivity index (χ2n) is 6.02. The Kier molecular flexibility index (Phi) is 5.07. The first-order chi connectivity index (χ1) is 9.05. The van der Waals surface area contributed by atoms with E-state index in [4.69, 9.17) is 5.10 Å². The average molecular weight is 328 g/mol. The molecule has 2 unspecified atom stereocenters. The molecule has 0 N–H and O–H groups in total. The molecule has 0 spiro atoms. The summed E-state index contributed by atoms with van der Waals surface area (Å²) < 4.78 is 3.38. The first kappa shape index (κ1) is 15.0. The van der Waals surface area contributed by atoms with E-state index in [0.29, 0.717) is 0 Å². The largest absolute Gasteiger partial charge is 0.297 e. The molecule has 0 saturated carbocycles. The van der Waals surface area contributed by atoms with Crippen molar-refractivity contribution in [3.8, 4) is 0 Å². The molecular formula is C15H26BrN3. The zero-order valence-corrected chi connectivity index (χ0v) is 14.2. The molecule has 4 heteroatoms. The Hall–Kier alpha value is -0.350. The third kappa shape index (κ3) is 3.40. The van der Waals surface area contributed by atoms with Gasteiger partial charge in [0.25, 0.3) is 0 Å². The van der Waals surface area contributed by atoms with E-state index in [1.807, 2.05) is 0 Å². The molecular weight excluding hydrogens is 302 g/mol. The number of nitrogens with zero attached hydrogens (tertiary/aromatic N) is 3. The van der Waals surface area contributed by atoms with Crippen LogP contribution < -0.4 is 0 Å². The summed E-state index contributed by atoms with van der Waals surface area (Å²) in [5.41, 5.74) is 2.54. The number of halogens is 1. The SMILES string of the molecule is CCc1nn(CC)c(CN2CC(C)CC(C)C2)c1Br. The molecule has 1 saturated heterocycles. The van der Waals surface area contributed by atoms with Crippen LogP contribution in [-0.4, -0.2) is 27.8 Å². The lowest BCUT2D eigenvalue weighted by Gasteiger charge is -2.35. The third-order valence-corrected chi connectivity index (χ3v) is 4.93. The predicted molar refractivity (Wildman–Crippen MR) is 83.2 cm³/mol. The van der Waals surface area contributed by atoms with E-state index in [-0.39, 0.29) is 0 Å². The average Bonchev–Trinajstić information content (AvgIpc) is 2.65. The molecule has 1 aromatic heterocycles. The van der Waals surface area contributed by atoms with Gasteiger partial charge in [0.1, 0.15) is 0 Å². The molecule has 19 heavy (non-hydrogen) atoms. The van der Waals surface area contributed by atoms with E-state index >= 15 is 0 Å². The maximum atomic E-state index is 4.69. The van der Waals surface area contributed by atoms with Gasteiger partial charge >= 0.3 is 0 Å². The lowest BCUT2D eigenvalue weighted by Crippen LogP contribution is -2.38. The summed E-state index contributed by atoms with van der Waals surface area (Å²) in [5.74, 6) is 1.62. The van der Waals surface area contributed by atoms with Crippen molar-refractivity contribution in [1.82, 2.24) is 14.7 Å². The first-order valence-corrected chi connectivity index (χ1v) is 8.30. The number of piperidine rings is 1. The second-order valence-corrected chi connectivity index (χ2v) is 6.81. The summed E-state index contributed by atoms with van der Waals surface area (Å²) in [4.78, 5) is 2.59. The van der Waals surface area contributed by atoms with Gasteiger partial charge in [0.2, 0.25) is 0 Å². The van der Waals surface area contributed by atoms with E-state index in [1.54, 1.807) is 0 Å². The molecule has 2 heterocycles. The van der Waals surface area contributed by atoms with E-state index in [0.717, 1.165) is 31.3 Å². The summed E-state index contributed by atoms with van der Waals surface area (Å²) >= 11 is 3.75. The van der Waals surface area contributed by atoms with Gasteiger partial charge in [-0.25, -0.2) is 0 Å². The Labute approximate surface area is 125 Å². The highest BCUT2D eigenvalue weighted by molar-refractivity contribution is 9.10. The number of hydrogen-bond donors (Lipinski definition) is 0. The Balaban J connectivity index is 2.16. The second kappa shape index (κ2) is 6.40. The van der Waals surface area contributed by atoms with Crippen LogP contribution in [-0.2, 0) is 19.5 Å². The molecule has 3 nitrogen and oxygen atoms in total. The minimum Gasteiger partial charge on any atom is -0.297 e. The van der Waals surface area contributed by atoms with Crippen molar-refractivity contribution in [2.24, 2.45) is 11.8 Å². The van der Waals surface area contributed by atoms with Crippen molar-refractivity contribution in [2.45, 2.75) is 53.6 Å². The van der Waals surface area contributed by atoms with Gasteiger partial charge in [-0.15, -0.1) is 0 Å².